The molecule has 106 valence electrons. The van der Waals surface area contributed by atoms with Gasteiger partial charge >= 0.3 is 0 Å². The third-order valence-electron chi connectivity index (χ3n) is 2.89. The van der Waals surface area contributed by atoms with Crippen LogP contribution in [-0.2, 0) is 6.54 Å². The molecule has 0 atom stereocenters. The number of nitrogens with one attached hydrogen (secondary N) is 1. The van der Waals surface area contributed by atoms with E-state index in [0.717, 1.165) is 11.1 Å². The molecular formula is C17H16N2O2. The summed E-state index contributed by atoms with van der Waals surface area (Å²) in [6.07, 6.45) is 0. The van der Waals surface area contributed by atoms with Gasteiger partial charge < -0.3 is 16.2 Å². The fourth-order valence-corrected chi connectivity index (χ4v) is 1.87. The number of hydrogen-bond donors (Lipinski definition) is 3. The number of amides is 1. The Kier molecular flexibility index (Phi) is 4.97. The highest BCUT2D eigenvalue weighted by molar-refractivity contribution is 5.94. The molecule has 0 spiro atoms. The van der Waals surface area contributed by atoms with Crippen molar-refractivity contribution in [1.29, 1.82) is 0 Å². The van der Waals surface area contributed by atoms with Gasteiger partial charge in [0.25, 0.3) is 5.91 Å². The molecule has 2 aromatic carbocycles. The first kappa shape index (κ1) is 14.6. The lowest BCUT2D eigenvalue weighted by molar-refractivity contribution is 0.0950. The quantitative estimate of drug-likeness (QED) is 0.748. The van der Waals surface area contributed by atoms with E-state index in [1.807, 2.05) is 24.3 Å². The molecule has 0 heterocycles. The first-order chi connectivity index (χ1) is 10.2. The predicted octanol–water partition coefficient (Wildman–Crippen LogP) is 1.63. The first-order valence-corrected chi connectivity index (χ1v) is 6.55. The van der Waals surface area contributed by atoms with E-state index >= 15 is 0 Å². The Hall–Kier alpha value is -2.77. The van der Waals surface area contributed by atoms with Gasteiger partial charge in [0.15, 0.2) is 0 Å². The van der Waals surface area contributed by atoms with Crippen molar-refractivity contribution in [2.75, 3.05) is 6.54 Å². The van der Waals surface area contributed by atoms with Crippen LogP contribution in [0.2, 0.25) is 0 Å². The van der Waals surface area contributed by atoms with E-state index in [4.69, 9.17) is 5.73 Å². The van der Waals surface area contributed by atoms with Gasteiger partial charge in [0.05, 0.1) is 6.54 Å². The molecule has 0 fully saturated rings. The zero-order valence-electron chi connectivity index (χ0n) is 11.5. The van der Waals surface area contributed by atoms with Crippen molar-refractivity contribution in [3.63, 3.8) is 0 Å². The Morgan fingerprint density at radius 2 is 2.00 bits per heavy atom. The van der Waals surface area contributed by atoms with Crippen molar-refractivity contribution in [2.45, 2.75) is 6.54 Å². The molecule has 0 saturated carbocycles. The number of carbonyl (C=O) groups excluding carboxylic acids is 1. The normalized spacial score (nSPS) is 9.57. The van der Waals surface area contributed by atoms with Crippen molar-refractivity contribution in [3.05, 3.63) is 65.2 Å². The fraction of sp³-hybridized carbons (Fsp3) is 0.118. The molecule has 2 aromatic rings. The summed E-state index contributed by atoms with van der Waals surface area (Å²) in [5.41, 5.74) is 7.56. The number of phenolic OH excluding ortho intramolecular Hbond substituents is 1. The van der Waals surface area contributed by atoms with Crippen LogP contribution in [0.1, 0.15) is 21.5 Å². The Labute approximate surface area is 123 Å². The van der Waals surface area contributed by atoms with Crippen LogP contribution in [0.4, 0.5) is 0 Å². The van der Waals surface area contributed by atoms with Crippen LogP contribution >= 0.6 is 0 Å². The second kappa shape index (κ2) is 7.13. The average molecular weight is 280 g/mol. The van der Waals surface area contributed by atoms with Crippen LogP contribution in [0, 0.1) is 11.8 Å². The van der Waals surface area contributed by atoms with Gasteiger partial charge in [-0.25, -0.2) is 0 Å². The number of phenols is 1. The second-order valence-electron chi connectivity index (χ2n) is 4.40. The summed E-state index contributed by atoms with van der Waals surface area (Å²) in [6, 6.07) is 13.8. The van der Waals surface area contributed by atoms with E-state index in [2.05, 4.69) is 17.2 Å². The van der Waals surface area contributed by atoms with Crippen LogP contribution in [0.3, 0.4) is 0 Å². The predicted molar refractivity (Wildman–Crippen MR) is 81.7 cm³/mol. The topological polar surface area (TPSA) is 75.3 Å². The van der Waals surface area contributed by atoms with Crippen LogP contribution in [0.25, 0.3) is 0 Å². The molecule has 21 heavy (non-hydrogen) atoms. The van der Waals surface area contributed by atoms with Gasteiger partial charge in [0, 0.05) is 17.7 Å². The second-order valence-corrected chi connectivity index (χ2v) is 4.40. The number of nitrogens with two attached hydrogens (primary N) is 1. The monoisotopic (exact) mass is 280 g/mol. The van der Waals surface area contributed by atoms with Crippen molar-refractivity contribution in [2.24, 2.45) is 5.73 Å². The molecular weight excluding hydrogens is 264 g/mol. The minimum Gasteiger partial charge on any atom is -0.508 e. The lowest BCUT2D eigenvalue weighted by Crippen LogP contribution is -2.23. The average Bonchev–Trinajstić information content (AvgIpc) is 2.51. The van der Waals surface area contributed by atoms with Gasteiger partial charge in [-0.3, -0.25) is 4.79 Å². The molecule has 4 heteroatoms. The zero-order valence-corrected chi connectivity index (χ0v) is 11.5. The lowest BCUT2D eigenvalue weighted by Gasteiger charge is -2.07. The zero-order chi connectivity index (χ0) is 15.1. The standard InChI is InChI=1S/C17H16N2O2/c18-10-4-8-13-5-1-2-6-15(13)12-19-17(21)14-7-3-9-16(20)11-14/h1-3,5-7,9,11,20H,10,12,18H2,(H,19,21). The summed E-state index contributed by atoms with van der Waals surface area (Å²) in [5, 5.41) is 12.2. The molecule has 1 amide bonds. The summed E-state index contributed by atoms with van der Waals surface area (Å²) >= 11 is 0. The minimum absolute atomic E-state index is 0.0665. The third kappa shape index (κ3) is 4.10. The Balaban J connectivity index is 2.08. The molecule has 4 N–H and O–H groups in total. The number of benzene rings is 2. The smallest absolute Gasteiger partial charge is 0.251 e. The molecule has 0 saturated heterocycles. The largest absolute Gasteiger partial charge is 0.508 e. The summed E-state index contributed by atoms with van der Waals surface area (Å²) in [6.45, 7) is 0.661. The Morgan fingerprint density at radius 1 is 1.19 bits per heavy atom. The van der Waals surface area contributed by atoms with Crippen molar-refractivity contribution >= 4 is 5.91 Å². The highest BCUT2D eigenvalue weighted by atomic mass is 16.3. The number of rotatable bonds is 3. The first-order valence-electron chi connectivity index (χ1n) is 6.55. The van der Waals surface area contributed by atoms with Gasteiger partial charge in [-0.05, 0) is 29.8 Å². The molecule has 2 rings (SSSR count). The lowest BCUT2D eigenvalue weighted by atomic mass is 10.1. The van der Waals surface area contributed by atoms with Crippen LogP contribution < -0.4 is 11.1 Å². The summed E-state index contributed by atoms with van der Waals surface area (Å²) in [7, 11) is 0. The van der Waals surface area contributed by atoms with Gasteiger partial charge in [-0.1, -0.05) is 36.1 Å². The van der Waals surface area contributed by atoms with Crippen LogP contribution in [0.15, 0.2) is 48.5 Å². The van der Waals surface area contributed by atoms with E-state index in [0.29, 0.717) is 18.7 Å². The molecule has 0 radical (unpaired) electrons. The summed E-state index contributed by atoms with van der Waals surface area (Å²) < 4.78 is 0. The van der Waals surface area contributed by atoms with Crippen molar-refractivity contribution < 1.29 is 9.90 Å². The third-order valence-corrected chi connectivity index (χ3v) is 2.89. The maximum Gasteiger partial charge on any atom is 0.251 e. The van der Waals surface area contributed by atoms with E-state index in [9.17, 15) is 9.90 Å². The van der Waals surface area contributed by atoms with E-state index in [-0.39, 0.29) is 11.7 Å². The summed E-state index contributed by atoms with van der Waals surface area (Å²) in [5.74, 6) is 5.61. The maximum absolute atomic E-state index is 12.0. The Bertz CT molecular complexity index is 699. The molecule has 4 nitrogen and oxygen atoms in total. The van der Waals surface area contributed by atoms with E-state index in [1.54, 1.807) is 12.1 Å². The fourth-order valence-electron chi connectivity index (χ4n) is 1.87. The highest BCUT2D eigenvalue weighted by Gasteiger charge is 2.07. The van der Waals surface area contributed by atoms with Gasteiger partial charge in [-0.15, -0.1) is 0 Å². The minimum atomic E-state index is -0.243. The number of carbonyl (C=O) groups is 1. The molecule has 0 aliphatic heterocycles. The molecule has 0 aliphatic rings. The Morgan fingerprint density at radius 3 is 2.76 bits per heavy atom. The van der Waals surface area contributed by atoms with Gasteiger partial charge in [0.2, 0.25) is 0 Å². The SMILES string of the molecule is NCC#Cc1ccccc1CNC(=O)c1cccc(O)c1. The van der Waals surface area contributed by atoms with Crippen LogP contribution in [-0.4, -0.2) is 17.6 Å². The summed E-state index contributed by atoms with van der Waals surface area (Å²) in [4.78, 5) is 12.0. The molecule has 0 bridgehead atoms. The molecule has 0 aromatic heterocycles. The van der Waals surface area contributed by atoms with E-state index in [1.165, 1.54) is 12.1 Å². The van der Waals surface area contributed by atoms with E-state index < -0.39 is 0 Å². The van der Waals surface area contributed by atoms with Gasteiger partial charge in [-0.2, -0.15) is 0 Å². The van der Waals surface area contributed by atoms with Crippen molar-refractivity contribution in [1.82, 2.24) is 5.32 Å². The maximum atomic E-state index is 12.0. The number of aromatic hydroxyl groups is 1. The van der Waals surface area contributed by atoms with Crippen molar-refractivity contribution in [3.8, 4) is 17.6 Å². The highest BCUT2D eigenvalue weighted by Crippen LogP contribution is 2.11. The van der Waals surface area contributed by atoms with Gasteiger partial charge in [0.1, 0.15) is 5.75 Å². The number of hydrogen-bond acceptors (Lipinski definition) is 3. The van der Waals surface area contributed by atoms with Crippen LogP contribution in [0.5, 0.6) is 5.75 Å². The molecule has 0 aliphatic carbocycles. The molecule has 0 unspecified atom stereocenters.